The minimum absolute atomic E-state index is 0.0817. The van der Waals surface area contributed by atoms with Crippen LogP contribution in [0.2, 0.25) is 0 Å². The average Bonchev–Trinajstić information content (AvgIpc) is 2.81. The van der Waals surface area contributed by atoms with Gasteiger partial charge in [-0.3, -0.25) is 4.79 Å². The maximum absolute atomic E-state index is 12.6. The third-order valence-electron chi connectivity index (χ3n) is 3.75. The molecule has 1 N–H and O–H groups in total. The first kappa shape index (κ1) is 14.7. The summed E-state index contributed by atoms with van der Waals surface area (Å²) in [4.78, 5) is 17.6. The van der Waals surface area contributed by atoms with Gasteiger partial charge in [0.1, 0.15) is 6.04 Å². The molecule has 1 unspecified atom stereocenters. The summed E-state index contributed by atoms with van der Waals surface area (Å²) < 4.78 is 8.72. The lowest BCUT2D eigenvalue weighted by Crippen LogP contribution is -2.43. The largest absolute Gasteiger partial charge is 0.378 e. The molecule has 1 aliphatic heterocycles. The number of ether oxygens (including phenoxy) is 1. The van der Waals surface area contributed by atoms with E-state index in [-0.39, 0.29) is 11.9 Å². The summed E-state index contributed by atoms with van der Waals surface area (Å²) in [5, 5.41) is 0. The average molecular weight is 370 g/mol. The van der Waals surface area contributed by atoms with E-state index < -0.39 is 0 Å². The molecular weight excluding hydrogens is 354 g/mol. The number of H-pyrrole nitrogens is 1. The predicted molar refractivity (Wildman–Crippen MR) is 86.9 cm³/mol. The standard InChI is InChI=1S/C14H16BrN3O2S/c1-9(13(19)17-4-6-20-7-5-17)18-12-3-2-10(15)8-11(12)16-14(18)21/h2-3,8-9H,4-7H2,1H3,(H,16,21). The third-order valence-corrected chi connectivity index (χ3v) is 4.54. The number of aromatic amines is 1. The summed E-state index contributed by atoms with van der Waals surface area (Å²) >= 11 is 8.83. The van der Waals surface area contributed by atoms with Gasteiger partial charge in [0.25, 0.3) is 0 Å². The molecule has 0 bridgehead atoms. The van der Waals surface area contributed by atoms with Gasteiger partial charge in [0.15, 0.2) is 4.77 Å². The Morgan fingerprint density at radius 2 is 2.14 bits per heavy atom. The van der Waals surface area contributed by atoms with Crippen LogP contribution in [-0.2, 0) is 9.53 Å². The maximum atomic E-state index is 12.6. The maximum Gasteiger partial charge on any atom is 0.245 e. The molecule has 1 aromatic heterocycles. The first-order valence-electron chi connectivity index (χ1n) is 6.84. The van der Waals surface area contributed by atoms with Gasteiger partial charge in [0.2, 0.25) is 5.91 Å². The van der Waals surface area contributed by atoms with Crippen molar-refractivity contribution in [2.45, 2.75) is 13.0 Å². The highest BCUT2D eigenvalue weighted by molar-refractivity contribution is 9.10. The summed E-state index contributed by atoms with van der Waals surface area (Å²) in [6, 6.07) is 5.56. The van der Waals surface area contributed by atoms with Gasteiger partial charge >= 0.3 is 0 Å². The monoisotopic (exact) mass is 369 g/mol. The van der Waals surface area contributed by atoms with Crippen LogP contribution < -0.4 is 0 Å². The second kappa shape index (κ2) is 5.90. The molecule has 1 fully saturated rings. The van der Waals surface area contributed by atoms with Crippen LogP contribution in [0.15, 0.2) is 22.7 Å². The Hall–Kier alpha value is -1.18. The Bertz CT molecular complexity index is 733. The van der Waals surface area contributed by atoms with Gasteiger partial charge in [0.05, 0.1) is 24.2 Å². The van der Waals surface area contributed by atoms with E-state index in [2.05, 4.69) is 20.9 Å². The molecule has 5 nitrogen and oxygen atoms in total. The van der Waals surface area contributed by atoms with Crippen LogP contribution in [0.25, 0.3) is 11.0 Å². The zero-order valence-corrected chi connectivity index (χ0v) is 14.0. The van der Waals surface area contributed by atoms with Crippen molar-refractivity contribution >= 4 is 45.1 Å². The third kappa shape index (κ3) is 2.77. The number of morpholine rings is 1. The van der Waals surface area contributed by atoms with E-state index in [1.54, 1.807) is 0 Å². The van der Waals surface area contributed by atoms with Gasteiger partial charge in [-0.2, -0.15) is 0 Å². The lowest BCUT2D eigenvalue weighted by Gasteiger charge is -2.29. The number of nitrogens with one attached hydrogen (secondary N) is 1. The van der Waals surface area contributed by atoms with E-state index in [0.29, 0.717) is 31.1 Å². The number of amides is 1. The van der Waals surface area contributed by atoms with Crippen molar-refractivity contribution < 1.29 is 9.53 Å². The SMILES string of the molecule is CC(C(=O)N1CCOCC1)n1c(=S)[nH]c2cc(Br)ccc21. The van der Waals surface area contributed by atoms with E-state index in [9.17, 15) is 4.79 Å². The fraction of sp³-hybridized carbons (Fsp3) is 0.429. The van der Waals surface area contributed by atoms with Crippen molar-refractivity contribution in [1.29, 1.82) is 0 Å². The molecule has 1 amide bonds. The fourth-order valence-corrected chi connectivity index (χ4v) is 3.37. The smallest absolute Gasteiger partial charge is 0.245 e. The Kier molecular flexibility index (Phi) is 4.14. The zero-order valence-electron chi connectivity index (χ0n) is 11.6. The molecule has 112 valence electrons. The lowest BCUT2D eigenvalue weighted by molar-refractivity contribution is -0.138. The van der Waals surface area contributed by atoms with Crippen molar-refractivity contribution in [2.75, 3.05) is 26.3 Å². The van der Waals surface area contributed by atoms with Gasteiger partial charge in [-0.25, -0.2) is 0 Å². The first-order chi connectivity index (χ1) is 10.1. The summed E-state index contributed by atoms with van der Waals surface area (Å²) in [5.74, 6) is 0.0817. The molecule has 0 saturated carbocycles. The van der Waals surface area contributed by atoms with E-state index in [0.717, 1.165) is 15.5 Å². The van der Waals surface area contributed by atoms with Gasteiger partial charge in [-0.1, -0.05) is 15.9 Å². The molecule has 0 spiro atoms. The van der Waals surface area contributed by atoms with E-state index in [1.807, 2.05) is 34.6 Å². The number of benzene rings is 1. The number of imidazole rings is 1. The van der Waals surface area contributed by atoms with Crippen LogP contribution in [0.4, 0.5) is 0 Å². The number of carbonyl (C=O) groups is 1. The van der Waals surface area contributed by atoms with Crippen molar-refractivity contribution in [2.24, 2.45) is 0 Å². The van der Waals surface area contributed by atoms with Crippen LogP contribution in [0.1, 0.15) is 13.0 Å². The zero-order chi connectivity index (χ0) is 15.0. The number of fused-ring (bicyclic) bond motifs is 1. The second-order valence-electron chi connectivity index (χ2n) is 5.08. The molecule has 1 saturated heterocycles. The Morgan fingerprint density at radius 3 is 2.86 bits per heavy atom. The number of hydrogen-bond donors (Lipinski definition) is 1. The number of halogens is 1. The molecule has 3 rings (SSSR count). The molecule has 7 heteroatoms. The molecule has 21 heavy (non-hydrogen) atoms. The minimum atomic E-state index is -0.328. The lowest BCUT2D eigenvalue weighted by atomic mass is 10.2. The number of aromatic nitrogens is 2. The Balaban J connectivity index is 1.97. The van der Waals surface area contributed by atoms with Crippen molar-refractivity contribution in [3.8, 4) is 0 Å². The highest BCUT2D eigenvalue weighted by Crippen LogP contribution is 2.24. The van der Waals surface area contributed by atoms with E-state index in [1.165, 1.54) is 0 Å². The summed E-state index contributed by atoms with van der Waals surface area (Å²) in [5.41, 5.74) is 1.87. The van der Waals surface area contributed by atoms with Crippen LogP contribution in [-0.4, -0.2) is 46.7 Å². The summed E-state index contributed by atoms with van der Waals surface area (Å²) in [7, 11) is 0. The number of rotatable bonds is 2. The Labute approximate surface area is 136 Å². The van der Waals surface area contributed by atoms with Gasteiger partial charge < -0.3 is 19.2 Å². The van der Waals surface area contributed by atoms with E-state index >= 15 is 0 Å². The summed E-state index contributed by atoms with van der Waals surface area (Å²) in [6.07, 6.45) is 0. The first-order valence-corrected chi connectivity index (χ1v) is 8.04. The topological polar surface area (TPSA) is 50.3 Å². The van der Waals surface area contributed by atoms with E-state index in [4.69, 9.17) is 17.0 Å². The highest BCUT2D eigenvalue weighted by atomic mass is 79.9. The number of nitrogens with zero attached hydrogens (tertiary/aromatic N) is 2. The molecule has 0 radical (unpaired) electrons. The van der Waals surface area contributed by atoms with Crippen molar-refractivity contribution in [3.05, 3.63) is 27.4 Å². The van der Waals surface area contributed by atoms with Crippen molar-refractivity contribution in [3.63, 3.8) is 0 Å². The molecule has 2 aromatic rings. The molecule has 1 atom stereocenters. The predicted octanol–water partition coefficient (Wildman–Crippen LogP) is 2.88. The highest BCUT2D eigenvalue weighted by Gasteiger charge is 2.25. The fourth-order valence-electron chi connectivity index (χ4n) is 2.65. The second-order valence-corrected chi connectivity index (χ2v) is 6.38. The Morgan fingerprint density at radius 1 is 1.43 bits per heavy atom. The van der Waals surface area contributed by atoms with Gasteiger partial charge in [-0.05, 0) is 37.3 Å². The minimum Gasteiger partial charge on any atom is -0.378 e. The summed E-state index contributed by atoms with van der Waals surface area (Å²) in [6.45, 7) is 4.38. The van der Waals surface area contributed by atoms with Crippen LogP contribution >= 0.6 is 28.1 Å². The van der Waals surface area contributed by atoms with Crippen molar-refractivity contribution in [1.82, 2.24) is 14.5 Å². The number of carbonyl (C=O) groups excluding carboxylic acids is 1. The molecule has 1 aromatic carbocycles. The normalized spacial score (nSPS) is 17.1. The molecule has 2 heterocycles. The molecule has 0 aliphatic carbocycles. The molecular formula is C14H16BrN3O2S. The van der Waals surface area contributed by atoms with Crippen LogP contribution in [0, 0.1) is 4.77 Å². The number of hydrogen-bond acceptors (Lipinski definition) is 3. The van der Waals surface area contributed by atoms with Crippen LogP contribution in [0.5, 0.6) is 0 Å². The van der Waals surface area contributed by atoms with Crippen LogP contribution in [0.3, 0.4) is 0 Å². The van der Waals surface area contributed by atoms with Gasteiger partial charge in [-0.15, -0.1) is 0 Å². The van der Waals surface area contributed by atoms with Gasteiger partial charge in [0, 0.05) is 17.6 Å². The quantitative estimate of drug-likeness (QED) is 0.828. The molecule has 1 aliphatic rings.